The van der Waals surface area contributed by atoms with Crippen LogP contribution in [0.3, 0.4) is 0 Å². The predicted molar refractivity (Wildman–Crippen MR) is 87.6 cm³/mol. The lowest BCUT2D eigenvalue weighted by molar-refractivity contribution is 0.207. The number of hydrogen-bond acceptors (Lipinski definition) is 3. The van der Waals surface area contributed by atoms with Crippen LogP contribution in [-0.2, 0) is 13.2 Å². The molecule has 1 atom stereocenters. The molecule has 0 bridgehead atoms. The maximum atomic E-state index is 6.11. The number of rotatable bonds is 5. The van der Waals surface area contributed by atoms with Crippen molar-refractivity contribution in [3.8, 4) is 5.75 Å². The Morgan fingerprint density at radius 1 is 1.05 bits per heavy atom. The molecule has 0 amide bonds. The van der Waals surface area contributed by atoms with E-state index in [4.69, 9.17) is 10.5 Å². The highest BCUT2D eigenvalue weighted by molar-refractivity contribution is 5.45. The molecule has 3 nitrogen and oxygen atoms in total. The molecule has 1 saturated carbocycles. The molecule has 0 spiro atoms. The van der Waals surface area contributed by atoms with E-state index in [0.717, 1.165) is 18.3 Å². The summed E-state index contributed by atoms with van der Waals surface area (Å²) in [6, 6.07) is 17.8. The Kier molecular flexibility index (Phi) is 3.60. The van der Waals surface area contributed by atoms with Crippen molar-refractivity contribution in [1.82, 2.24) is 4.90 Å². The summed E-state index contributed by atoms with van der Waals surface area (Å²) in [6.45, 7) is 2.28. The Morgan fingerprint density at radius 2 is 1.86 bits per heavy atom. The summed E-state index contributed by atoms with van der Waals surface area (Å²) in [4.78, 5) is 2.56. The molecule has 2 aliphatic rings. The van der Waals surface area contributed by atoms with Crippen molar-refractivity contribution >= 4 is 0 Å². The second-order valence-electron chi connectivity index (χ2n) is 6.25. The van der Waals surface area contributed by atoms with Crippen molar-refractivity contribution < 1.29 is 4.74 Å². The van der Waals surface area contributed by atoms with Gasteiger partial charge in [-0.2, -0.15) is 0 Å². The van der Waals surface area contributed by atoms with Crippen molar-refractivity contribution in [2.75, 3.05) is 6.54 Å². The Morgan fingerprint density at radius 3 is 2.59 bits per heavy atom. The molecule has 0 radical (unpaired) electrons. The zero-order valence-corrected chi connectivity index (χ0v) is 12.7. The minimum absolute atomic E-state index is 0.364. The lowest BCUT2D eigenvalue weighted by Crippen LogP contribution is -2.29. The minimum atomic E-state index is 0.364. The van der Waals surface area contributed by atoms with Gasteiger partial charge in [0.15, 0.2) is 0 Å². The zero-order chi connectivity index (χ0) is 14.9. The fourth-order valence-electron chi connectivity index (χ4n) is 3.46. The Hall–Kier alpha value is -1.84. The van der Waals surface area contributed by atoms with E-state index in [-0.39, 0.29) is 0 Å². The molecule has 2 aromatic rings. The molecule has 0 aromatic heterocycles. The quantitative estimate of drug-likeness (QED) is 0.920. The molecular formula is C19H22N2O. The van der Waals surface area contributed by atoms with Crippen LogP contribution in [0.4, 0.5) is 0 Å². The molecule has 3 heteroatoms. The van der Waals surface area contributed by atoms with E-state index >= 15 is 0 Å². The highest BCUT2D eigenvalue weighted by Crippen LogP contribution is 2.44. The maximum Gasteiger partial charge on any atom is 0.124 e. The van der Waals surface area contributed by atoms with E-state index in [2.05, 4.69) is 35.2 Å². The summed E-state index contributed by atoms with van der Waals surface area (Å²) in [5, 5.41) is 0. The summed E-state index contributed by atoms with van der Waals surface area (Å²) in [5.74, 6) is 1.02. The molecule has 1 heterocycles. The van der Waals surface area contributed by atoms with E-state index in [0.29, 0.717) is 19.2 Å². The third kappa shape index (κ3) is 2.51. The number of fused-ring (bicyclic) bond motifs is 1. The van der Waals surface area contributed by atoms with Gasteiger partial charge in [0.25, 0.3) is 0 Å². The summed E-state index contributed by atoms with van der Waals surface area (Å²) < 4.78 is 6.11. The minimum Gasteiger partial charge on any atom is -0.489 e. The van der Waals surface area contributed by atoms with Gasteiger partial charge in [-0.3, -0.25) is 4.90 Å². The second kappa shape index (κ2) is 5.75. The molecule has 2 aromatic carbocycles. The van der Waals surface area contributed by atoms with E-state index in [1.165, 1.54) is 29.5 Å². The molecule has 22 heavy (non-hydrogen) atoms. The number of ether oxygens (including phenoxy) is 1. The van der Waals surface area contributed by atoms with Crippen LogP contribution < -0.4 is 10.5 Å². The number of nitrogens with two attached hydrogens (primary N) is 1. The SMILES string of the molecule is NCC1c2cccc(OCc3ccccc3)c2CN1C1CC1. The predicted octanol–water partition coefficient (Wildman–Crippen LogP) is 3.24. The van der Waals surface area contributed by atoms with Crippen LogP contribution in [0.5, 0.6) is 5.75 Å². The van der Waals surface area contributed by atoms with E-state index in [1.54, 1.807) is 0 Å². The third-order valence-corrected chi connectivity index (χ3v) is 4.75. The van der Waals surface area contributed by atoms with Crippen LogP contribution in [0.15, 0.2) is 48.5 Å². The lowest BCUT2D eigenvalue weighted by atomic mass is 10.0. The lowest BCUT2D eigenvalue weighted by Gasteiger charge is -2.23. The summed E-state index contributed by atoms with van der Waals surface area (Å²) in [5.41, 5.74) is 9.93. The monoisotopic (exact) mass is 294 g/mol. The van der Waals surface area contributed by atoms with E-state index in [9.17, 15) is 0 Å². The molecule has 1 fully saturated rings. The first-order valence-electron chi connectivity index (χ1n) is 8.11. The highest BCUT2D eigenvalue weighted by Gasteiger charge is 2.40. The van der Waals surface area contributed by atoms with Gasteiger partial charge in [-0.05, 0) is 30.0 Å². The summed E-state index contributed by atoms with van der Waals surface area (Å²) in [6.07, 6.45) is 2.62. The second-order valence-corrected chi connectivity index (χ2v) is 6.25. The Bertz CT molecular complexity index is 652. The first-order valence-corrected chi connectivity index (χ1v) is 8.11. The summed E-state index contributed by atoms with van der Waals surface area (Å²) in [7, 11) is 0. The number of benzene rings is 2. The average Bonchev–Trinajstić information content (AvgIpc) is 3.34. The highest BCUT2D eigenvalue weighted by atomic mass is 16.5. The molecular weight excluding hydrogens is 272 g/mol. The van der Waals surface area contributed by atoms with Gasteiger partial charge >= 0.3 is 0 Å². The van der Waals surface area contributed by atoms with Gasteiger partial charge in [0, 0.05) is 30.7 Å². The largest absolute Gasteiger partial charge is 0.489 e. The fourth-order valence-corrected chi connectivity index (χ4v) is 3.46. The Labute approximate surface area is 131 Å². The van der Waals surface area contributed by atoms with Crippen molar-refractivity contribution in [3.05, 3.63) is 65.2 Å². The van der Waals surface area contributed by atoms with Gasteiger partial charge in [-0.15, -0.1) is 0 Å². The van der Waals surface area contributed by atoms with Crippen LogP contribution in [0.2, 0.25) is 0 Å². The van der Waals surface area contributed by atoms with Crippen molar-refractivity contribution in [2.24, 2.45) is 5.73 Å². The maximum absolute atomic E-state index is 6.11. The van der Waals surface area contributed by atoms with E-state index < -0.39 is 0 Å². The molecule has 114 valence electrons. The Balaban J connectivity index is 1.56. The van der Waals surface area contributed by atoms with E-state index in [1.807, 2.05) is 18.2 Å². The van der Waals surface area contributed by atoms with Crippen LogP contribution in [0.1, 0.15) is 35.6 Å². The van der Waals surface area contributed by atoms with Crippen molar-refractivity contribution in [2.45, 2.75) is 38.1 Å². The van der Waals surface area contributed by atoms with Crippen LogP contribution >= 0.6 is 0 Å². The molecule has 1 aliphatic carbocycles. The molecule has 1 unspecified atom stereocenters. The van der Waals surface area contributed by atoms with Gasteiger partial charge in [0.05, 0.1) is 0 Å². The standard InChI is InChI=1S/C19H22N2O/c20-11-18-16-7-4-8-19(17(16)12-21(18)15-9-10-15)22-13-14-5-2-1-3-6-14/h1-8,15,18H,9-13,20H2. The van der Waals surface area contributed by atoms with Gasteiger partial charge < -0.3 is 10.5 Å². The average molecular weight is 294 g/mol. The van der Waals surface area contributed by atoms with Gasteiger partial charge in [0.1, 0.15) is 12.4 Å². The van der Waals surface area contributed by atoms with Crippen LogP contribution in [-0.4, -0.2) is 17.5 Å². The van der Waals surface area contributed by atoms with Crippen molar-refractivity contribution in [3.63, 3.8) is 0 Å². The summed E-state index contributed by atoms with van der Waals surface area (Å²) >= 11 is 0. The first-order chi connectivity index (χ1) is 10.9. The van der Waals surface area contributed by atoms with Crippen LogP contribution in [0.25, 0.3) is 0 Å². The first kappa shape index (κ1) is 13.8. The molecule has 2 N–H and O–H groups in total. The molecule has 0 saturated heterocycles. The number of hydrogen-bond donors (Lipinski definition) is 1. The molecule has 4 rings (SSSR count). The topological polar surface area (TPSA) is 38.5 Å². The normalized spacial score (nSPS) is 20.9. The number of nitrogens with zero attached hydrogens (tertiary/aromatic N) is 1. The van der Waals surface area contributed by atoms with Crippen LogP contribution in [0, 0.1) is 0 Å². The fraction of sp³-hybridized carbons (Fsp3) is 0.368. The van der Waals surface area contributed by atoms with Gasteiger partial charge in [-0.25, -0.2) is 0 Å². The van der Waals surface area contributed by atoms with Gasteiger partial charge in [0.2, 0.25) is 0 Å². The van der Waals surface area contributed by atoms with Gasteiger partial charge in [-0.1, -0.05) is 42.5 Å². The molecule has 1 aliphatic heterocycles. The third-order valence-electron chi connectivity index (χ3n) is 4.75. The van der Waals surface area contributed by atoms with Crippen molar-refractivity contribution in [1.29, 1.82) is 0 Å². The smallest absolute Gasteiger partial charge is 0.124 e. The zero-order valence-electron chi connectivity index (χ0n) is 12.7.